The Bertz CT molecular complexity index is 996. The van der Waals surface area contributed by atoms with E-state index in [0.29, 0.717) is 0 Å². The minimum absolute atomic E-state index is 0. The molecule has 0 fully saturated rings. The summed E-state index contributed by atoms with van der Waals surface area (Å²) in [7, 11) is 0. The number of rotatable bonds is 2. The van der Waals surface area contributed by atoms with E-state index in [-0.39, 0.29) is 7.43 Å². The topological polar surface area (TPSA) is 0 Å². The van der Waals surface area contributed by atoms with Gasteiger partial charge in [0.05, 0.1) is 0 Å². The maximum absolute atomic E-state index is 2.22. The van der Waals surface area contributed by atoms with Gasteiger partial charge in [-0.25, -0.2) is 0 Å². The summed E-state index contributed by atoms with van der Waals surface area (Å²) in [6.07, 6.45) is 0. The van der Waals surface area contributed by atoms with Gasteiger partial charge in [-0.15, -0.1) is 0 Å². The predicted octanol–water partition coefficient (Wildman–Crippen LogP) is 8.58. The summed E-state index contributed by atoms with van der Waals surface area (Å²) < 4.78 is 0. The van der Waals surface area contributed by atoms with Gasteiger partial charge < -0.3 is 0 Å². The zero-order valence-corrected chi connectivity index (χ0v) is 17.2. The van der Waals surface area contributed by atoms with Gasteiger partial charge in [0.1, 0.15) is 0 Å². The summed E-state index contributed by atoms with van der Waals surface area (Å²) >= 11 is 0. The number of hydrogen-bond acceptors (Lipinski definition) is 0. The fraction of sp³-hybridized carbons (Fsp3) is 0.172. The number of aryl methyl sites for hydroxylation is 4. The molecule has 4 rings (SSSR count). The summed E-state index contributed by atoms with van der Waals surface area (Å²) in [5.41, 5.74) is 10.4. The first kappa shape index (κ1) is 22.2. The Morgan fingerprint density at radius 3 is 1.03 bits per heavy atom. The maximum Gasteiger partial charge on any atom is -0.0181 e. The quantitative estimate of drug-likeness (QED) is 0.326. The van der Waals surface area contributed by atoms with E-state index >= 15 is 0 Å². The summed E-state index contributed by atoms with van der Waals surface area (Å²) in [5.74, 6) is 0. The number of hydrogen-bond donors (Lipinski definition) is 0. The first-order chi connectivity index (χ1) is 13.5. The fourth-order valence-electron chi connectivity index (χ4n) is 3.22. The Morgan fingerprint density at radius 2 is 0.690 bits per heavy atom. The van der Waals surface area contributed by atoms with E-state index in [4.69, 9.17) is 0 Å². The number of benzene rings is 4. The van der Waals surface area contributed by atoms with Crippen LogP contribution in [0.4, 0.5) is 0 Å². The van der Waals surface area contributed by atoms with Crippen molar-refractivity contribution < 1.29 is 0 Å². The van der Waals surface area contributed by atoms with Crippen molar-refractivity contribution >= 4 is 0 Å². The van der Waals surface area contributed by atoms with Gasteiger partial charge in [0, 0.05) is 0 Å². The van der Waals surface area contributed by atoms with Gasteiger partial charge in [0.15, 0.2) is 0 Å². The zero-order valence-electron chi connectivity index (χ0n) is 17.2. The van der Waals surface area contributed by atoms with Crippen LogP contribution in [-0.2, 0) is 0 Å². The van der Waals surface area contributed by atoms with E-state index in [1.807, 2.05) is 0 Å². The fourth-order valence-corrected chi connectivity index (χ4v) is 3.22. The molecule has 0 atom stereocenters. The minimum atomic E-state index is 0. The van der Waals surface area contributed by atoms with Crippen LogP contribution in [-0.4, -0.2) is 0 Å². The Kier molecular flexibility index (Phi) is 7.98. The van der Waals surface area contributed by atoms with Crippen LogP contribution in [0, 0.1) is 27.7 Å². The highest BCUT2D eigenvalue weighted by atomic mass is 14.0. The maximum atomic E-state index is 2.22. The zero-order chi connectivity index (χ0) is 19.9. The monoisotopic (exact) mass is 380 g/mol. The van der Waals surface area contributed by atoms with Crippen molar-refractivity contribution in [1.82, 2.24) is 0 Å². The third-order valence-corrected chi connectivity index (χ3v) is 4.77. The van der Waals surface area contributed by atoms with Crippen molar-refractivity contribution in [3.05, 3.63) is 119 Å². The van der Waals surface area contributed by atoms with Crippen LogP contribution in [0.5, 0.6) is 0 Å². The SMILES string of the molecule is C.Cc1ccc(-c2cccc(C)c2)cc1.Cc1cccc(-c2cccc(C)c2)c1. The second-order valence-electron chi connectivity index (χ2n) is 7.47. The molecule has 0 aliphatic heterocycles. The normalized spacial score (nSPS) is 9.79. The first-order valence-electron chi connectivity index (χ1n) is 9.79. The molecule has 0 heteroatoms. The average Bonchev–Trinajstić information content (AvgIpc) is 2.69. The molecule has 0 saturated heterocycles. The van der Waals surface area contributed by atoms with Crippen molar-refractivity contribution in [2.75, 3.05) is 0 Å². The van der Waals surface area contributed by atoms with Crippen LogP contribution in [0.2, 0.25) is 0 Å². The lowest BCUT2D eigenvalue weighted by Crippen LogP contribution is -1.80. The highest BCUT2D eigenvalue weighted by molar-refractivity contribution is 5.65. The van der Waals surface area contributed by atoms with E-state index in [1.165, 1.54) is 44.5 Å². The molecule has 0 aliphatic carbocycles. The highest BCUT2D eigenvalue weighted by Gasteiger charge is 1.97. The van der Waals surface area contributed by atoms with Crippen LogP contribution in [0.1, 0.15) is 29.7 Å². The summed E-state index contributed by atoms with van der Waals surface area (Å²) in [5, 5.41) is 0. The van der Waals surface area contributed by atoms with Gasteiger partial charge in [-0.2, -0.15) is 0 Å². The first-order valence-corrected chi connectivity index (χ1v) is 9.79. The molecule has 0 saturated carbocycles. The third-order valence-electron chi connectivity index (χ3n) is 4.77. The van der Waals surface area contributed by atoms with Crippen LogP contribution in [0.25, 0.3) is 22.3 Å². The second-order valence-corrected chi connectivity index (χ2v) is 7.47. The van der Waals surface area contributed by atoms with Crippen molar-refractivity contribution in [2.24, 2.45) is 0 Å². The third kappa shape index (κ3) is 6.47. The van der Waals surface area contributed by atoms with Gasteiger partial charge in [-0.3, -0.25) is 0 Å². The summed E-state index contributed by atoms with van der Waals surface area (Å²) in [4.78, 5) is 0. The van der Waals surface area contributed by atoms with E-state index < -0.39 is 0 Å². The molecule has 0 heterocycles. The van der Waals surface area contributed by atoms with Crippen LogP contribution in [0.15, 0.2) is 97.1 Å². The lowest BCUT2D eigenvalue weighted by molar-refractivity contribution is 1.44. The molecular weight excluding hydrogens is 348 g/mol. The molecular formula is C29H32. The van der Waals surface area contributed by atoms with Crippen molar-refractivity contribution in [3.8, 4) is 22.3 Å². The van der Waals surface area contributed by atoms with Crippen LogP contribution < -0.4 is 0 Å². The molecule has 0 radical (unpaired) electrons. The largest absolute Gasteiger partial charge is 0.0776 e. The Labute approximate surface area is 176 Å². The lowest BCUT2D eigenvalue weighted by atomic mass is 10.0. The summed E-state index contributed by atoms with van der Waals surface area (Å²) in [6.45, 7) is 8.48. The Balaban J connectivity index is 0.000000200. The smallest absolute Gasteiger partial charge is 0.0181 e. The molecule has 148 valence electrons. The minimum Gasteiger partial charge on any atom is -0.0776 e. The summed E-state index contributed by atoms with van der Waals surface area (Å²) in [6, 6.07) is 34.4. The standard InChI is InChI=1S/2C14H14.CH4/c1-11-5-3-7-13(9-11)14-8-4-6-12(2)10-14;1-11-6-8-13(9-7-11)14-5-3-4-12(2)10-14;/h2*3-10H,1-2H3;1H4. The molecule has 0 aliphatic rings. The van der Waals surface area contributed by atoms with Gasteiger partial charge >= 0.3 is 0 Å². The van der Waals surface area contributed by atoms with Crippen LogP contribution >= 0.6 is 0 Å². The molecule has 4 aromatic rings. The van der Waals surface area contributed by atoms with Gasteiger partial charge in [0.25, 0.3) is 0 Å². The molecule has 29 heavy (non-hydrogen) atoms. The molecule has 0 bridgehead atoms. The predicted molar refractivity (Wildman–Crippen MR) is 129 cm³/mol. The van der Waals surface area contributed by atoms with E-state index in [1.54, 1.807) is 0 Å². The van der Waals surface area contributed by atoms with Crippen LogP contribution in [0.3, 0.4) is 0 Å². The van der Waals surface area contributed by atoms with E-state index in [9.17, 15) is 0 Å². The van der Waals surface area contributed by atoms with Crippen molar-refractivity contribution in [1.29, 1.82) is 0 Å². The second kappa shape index (κ2) is 10.4. The molecule has 0 aromatic heterocycles. The lowest BCUT2D eigenvalue weighted by Gasteiger charge is -2.03. The molecule has 0 amide bonds. The van der Waals surface area contributed by atoms with Gasteiger partial charge in [-0.1, -0.05) is 127 Å². The molecule has 0 unspecified atom stereocenters. The highest BCUT2D eigenvalue weighted by Crippen LogP contribution is 2.21. The average molecular weight is 381 g/mol. The molecule has 0 N–H and O–H groups in total. The van der Waals surface area contributed by atoms with Gasteiger partial charge in [0.2, 0.25) is 0 Å². The van der Waals surface area contributed by atoms with Gasteiger partial charge in [-0.05, 0) is 49.9 Å². The molecule has 4 aromatic carbocycles. The molecule has 0 nitrogen and oxygen atoms in total. The Morgan fingerprint density at radius 1 is 0.345 bits per heavy atom. The van der Waals surface area contributed by atoms with Crippen molar-refractivity contribution in [3.63, 3.8) is 0 Å². The Hall–Kier alpha value is -3.12. The van der Waals surface area contributed by atoms with Crippen molar-refractivity contribution in [2.45, 2.75) is 35.1 Å². The van der Waals surface area contributed by atoms with E-state index in [0.717, 1.165) is 0 Å². The van der Waals surface area contributed by atoms with E-state index in [2.05, 4.69) is 125 Å². The molecule has 0 spiro atoms.